The van der Waals surface area contributed by atoms with E-state index in [1.807, 2.05) is 0 Å². The van der Waals surface area contributed by atoms with Gasteiger partial charge in [0.15, 0.2) is 11.7 Å². The Bertz CT molecular complexity index is 645. The third-order valence-electron chi connectivity index (χ3n) is 3.53. The summed E-state index contributed by atoms with van der Waals surface area (Å²) in [6.45, 7) is -0.383. The summed E-state index contributed by atoms with van der Waals surface area (Å²) in [5, 5.41) is 28.9. The molecule has 1 aliphatic rings. The average molecular weight is 282 g/mol. The Labute approximate surface area is 113 Å². The van der Waals surface area contributed by atoms with Crippen molar-refractivity contribution in [3.63, 3.8) is 0 Å². The molecule has 20 heavy (non-hydrogen) atoms. The Morgan fingerprint density at radius 3 is 2.80 bits per heavy atom. The maximum Gasteiger partial charge on any atom is 0.250 e. The van der Waals surface area contributed by atoms with Gasteiger partial charge in [-0.1, -0.05) is 4.98 Å². The summed E-state index contributed by atoms with van der Waals surface area (Å²) >= 11 is 0. The first-order valence-corrected chi connectivity index (χ1v) is 6.13. The molecular formula is C11H16N5O4+. The van der Waals surface area contributed by atoms with Crippen molar-refractivity contribution in [2.75, 3.05) is 12.3 Å². The van der Waals surface area contributed by atoms with Gasteiger partial charge in [0.1, 0.15) is 24.6 Å². The number of aromatic nitrogens is 4. The van der Waals surface area contributed by atoms with E-state index < -0.39 is 24.5 Å². The van der Waals surface area contributed by atoms with Gasteiger partial charge in [0.25, 0.3) is 5.82 Å². The number of aliphatic hydroxyl groups excluding tert-OH is 3. The fraction of sp³-hybridized carbons (Fsp3) is 0.545. The minimum absolute atomic E-state index is 0.383. The monoisotopic (exact) mass is 282 g/mol. The second kappa shape index (κ2) is 4.63. The fourth-order valence-corrected chi connectivity index (χ4v) is 2.33. The van der Waals surface area contributed by atoms with Gasteiger partial charge in [-0.15, -0.1) is 0 Å². The number of nitrogens with zero attached hydrogens (tertiary/aromatic N) is 4. The lowest BCUT2D eigenvalue weighted by Crippen LogP contribution is -2.34. The molecule has 0 radical (unpaired) electrons. The zero-order valence-corrected chi connectivity index (χ0v) is 10.8. The lowest BCUT2D eigenvalue weighted by Gasteiger charge is -2.15. The number of fused-ring (bicyclic) bond motifs is 1. The van der Waals surface area contributed by atoms with Crippen LogP contribution in [0.25, 0.3) is 11.2 Å². The fourth-order valence-electron chi connectivity index (χ4n) is 2.33. The average Bonchev–Trinajstić information content (AvgIpc) is 2.98. The summed E-state index contributed by atoms with van der Waals surface area (Å²) in [5.74, 6) is 0.431. The van der Waals surface area contributed by atoms with E-state index in [0.29, 0.717) is 17.0 Å². The second-order valence-electron chi connectivity index (χ2n) is 4.79. The lowest BCUT2D eigenvalue weighted by molar-refractivity contribution is -0.658. The van der Waals surface area contributed by atoms with Crippen molar-refractivity contribution in [1.82, 2.24) is 14.5 Å². The number of nitrogen functional groups attached to an aromatic ring is 1. The van der Waals surface area contributed by atoms with Crippen LogP contribution in [0.5, 0.6) is 0 Å². The van der Waals surface area contributed by atoms with Crippen LogP contribution in [0.15, 0.2) is 12.7 Å². The van der Waals surface area contributed by atoms with Crippen LogP contribution in [0.1, 0.15) is 6.23 Å². The van der Waals surface area contributed by atoms with E-state index in [-0.39, 0.29) is 6.61 Å². The highest BCUT2D eigenvalue weighted by Crippen LogP contribution is 2.31. The van der Waals surface area contributed by atoms with Crippen LogP contribution in [0, 0.1) is 0 Å². The first-order valence-electron chi connectivity index (χ1n) is 6.13. The molecule has 2 aromatic heterocycles. The molecule has 1 saturated heterocycles. The molecule has 0 saturated carbocycles. The van der Waals surface area contributed by atoms with Gasteiger partial charge >= 0.3 is 0 Å². The zero-order chi connectivity index (χ0) is 14.4. The second-order valence-corrected chi connectivity index (χ2v) is 4.79. The van der Waals surface area contributed by atoms with E-state index in [1.54, 1.807) is 11.6 Å². The molecule has 4 atom stereocenters. The number of anilines is 1. The highest BCUT2D eigenvalue weighted by atomic mass is 16.6. The van der Waals surface area contributed by atoms with E-state index in [0.717, 1.165) is 0 Å². The number of hydrogen-bond donors (Lipinski definition) is 4. The van der Waals surface area contributed by atoms with Crippen molar-refractivity contribution in [2.45, 2.75) is 24.5 Å². The van der Waals surface area contributed by atoms with Crippen molar-refractivity contribution in [3.05, 3.63) is 12.7 Å². The highest BCUT2D eigenvalue weighted by molar-refractivity contribution is 5.79. The minimum Gasteiger partial charge on any atom is -0.394 e. The topological polar surface area (TPSA) is 131 Å². The Morgan fingerprint density at radius 1 is 1.40 bits per heavy atom. The molecule has 108 valence electrons. The molecule has 9 heteroatoms. The van der Waals surface area contributed by atoms with E-state index in [9.17, 15) is 10.2 Å². The molecule has 1 fully saturated rings. The van der Waals surface area contributed by atoms with Gasteiger partial charge in [0.2, 0.25) is 12.0 Å². The molecule has 2 aromatic rings. The van der Waals surface area contributed by atoms with Crippen molar-refractivity contribution < 1.29 is 24.6 Å². The number of aryl methyl sites for hydroxylation is 1. The van der Waals surface area contributed by atoms with Gasteiger partial charge in [-0.05, 0) is 0 Å². The number of aliphatic hydroxyl groups is 3. The highest BCUT2D eigenvalue weighted by Gasteiger charge is 2.44. The van der Waals surface area contributed by atoms with Crippen molar-refractivity contribution in [3.8, 4) is 0 Å². The van der Waals surface area contributed by atoms with Gasteiger partial charge < -0.3 is 25.8 Å². The molecule has 9 nitrogen and oxygen atoms in total. The third-order valence-corrected chi connectivity index (χ3v) is 3.53. The molecule has 1 aliphatic heterocycles. The Balaban J connectivity index is 2.05. The largest absolute Gasteiger partial charge is 0.394 e. The van der Waals surface area contributed by atoms with Crippen molar-refractivity contribution in [2.24, 2.45) is 7.05 Å². The standard InChI is InChI=1S/C11H15N5O4/c1-15-3-14-10-6(9(15)12)13-4-16(10)11-8(19)7(18)5(2-17)20-11/h3-5,7-8,11-12,17-19H,2H2,1H3/p+1/t5-,7+,8+,11+/m0/s1. The number of hydrogen-bond acceptors (Lipinski definition) is 7. The number of ether oxygens (including phenoxy) is 1. The van der Waals surface area contributed by atoms with Crippen LogP contribution >= 0.6 is 0 Å². The SMILES string of the molecule is C[n+]1cnc2c(ncn2[C@@H]2O[C@@H](CO)[C@@H](O)[C@H]2O)c1N. The predicted molar refractivity (Wildman–Crippen MR) is 66.1 cm³/mol. The molecule has 0 aliphatic carbocycles. The molecule has 0 amide bonds. The minimum atomic E-state index is -1.18. The van der Waals surface area contributed by atoms with Crippen LogP contribution in [0.4, 0.5) is 5.82 Å². The van der Waals surface area contributed by atoms with Crippen LogP contribution in [-0.4, -0.2) is 54.8 Å². The summed E-state index contributed by atoms with van der Waals surface area (Å²) in [6.07, 6.45) is -1.09. The van der Waals surface area contributed by atoms with Crippen molar-refractivity contribution >= 4 is 17.0 Å². The Kier molecular flexibility index (Phi) is 3.05. The third kappa shape index (κ3) is 1.75. The smallest absolute Gasteiger partial charge is 0.250 e. The summed E-state index contributed by atoms with van der Waals surface area (Å²) in [5.41, 5.74) is 6.82. The van der Waals surface area contributed by atoms with Crippen molar-refractivity contribution in [1.29, 1.82) is 0 Å². The lowest BCUT2D eigenvalue weighted by atomic mass is 10.1. The zero-order valence-electron chi connectivity index (χ0n) is 10.8. The van der Waals surface area contributed by atoms with E-state index in [2.05, 4.69) is 9.97 Å². The van der Waals surface area contributed by atoms with E-state index >= 15 is 0 Å². The quantitative estimate of drug-likeness (QED) is 0.446. The van der Waals surface area contributed by atoms with Gasteiger partial charge in [-0.25, -0.2) is 9.55 Å². The Hall–Kier alpha value is -1.81. The molecule has 0 bridgehead atoms. The van der Waals surface area contributed by atoms with Crippen LogP contribution in [-0.2, 0) is 11.8 Å². The summed E-state index contributed by atoms with van der Waals surface area (Å²) in [4.78, 5) is 8.36. The Morgan fingerprint density at radius 2 is 2.15 bits per heavy atom. The van der Waals surface area contributed by atoms with Gasteiger partial charge in [-0.3, -0.25) is 4.57 Å². The number of rotatable bonds is 2. The summed E-state index contributed by atoms with van der Waals surface area (Å²) < 4.78 is 8.56. The van der Waals surface area contributed by atoms with E-state index in [4.69, 9.17) is 15.6 Å². The maximum absolute atomic E-state index is 10.0. The first-order chi connectivity index (χ1) is 9.54. The molecule has 0 spiro atoms. The number of nitrogens with two attached hydrogens (primary N) is 1. The maximum atomic E-state index is 10.0. The molecule has 0 unspecified atom stereocenters. The number of imidazole rings is 1. The molecular weight excluding hydrogens is 266 g/mol. The summed E-state index contributed by atoms with van der Waals surface area (Å²) in [6, 6.07) is 0. The molecule has 3 rings (SSSR count). The predicted octanol–water partition coefficient (Wildman–Crippen LogP) is -2.55. The summed E-state index contributed by atoms with van der Waals surface area (Å²) in [7, 11) is 1.74. The van der Waals surface area contributed by atoms with Gasteiger partial charge in [0.05, 0.1) is 13.7 Å². The molecule has 5 N–H and O–H groups in total. The van der Waals surface area contributed by atoms with Crippen LogP contribution in [0.2, 0.25) is 0 Å². The van der Waals surface area contributed by atoms with Gasteiger partial charge in [-0.2, -0.15) is 0 Å². The van der Waals surface area contributed by atoms with Crippen LogP contribution < -0.4 is 10.3 Å². The van der Waals surface area contributed by atoms with Gasteiger partial charge in [0, 0.05) is 0 Å². The molecule has 0 aromatic carbocycles. The first kappa shape index (κ1) is 13.2. The van der Waals surface area contributed by atoms with Crippen LogP contribution in [0.3, 0.4) is 0 Å². The van der Waals surface area contributed by atoms with E-state index in [1.165, 1.54) is 17.2 Å². The normalized spacial score (nSPS) is 30.2. The molecule has 3 heterocycles.